The van der Waals surface area contributed by atoms with Crippen molar-refractivity contribution in [3.63, 3.8) is 0 Å². The summed E-state index contributed by atoms with van der Waals surface area (Å²) in [5, 5.41) is 8.95. The molecule has 0 bridgehead atoms. The van der Waals surface area contributed by atoms with Crippen LogP contribution in [0.3, 0.4) is 0 Å². The Kier molecular flexibility index (Phi) is 6.74. The number of nitrogens with one attached hydrogen (secondary N) is 1. The fourth-order valence-corrected chi connectivity index (χ4v) is 5.52. The Labute approximate surface area is 194 Å². The molecular formula is C25H32N4O2S. The Bertz CT molecular complexity index is 1130. The summed E-state index contributed by atoms with van der Waals surface area (Å²) >= 11 is 1.51. The van der Waals surface area contributed by atoms with Crippen molar-refractivity contribution in [1.82, 2.24) is 19.9 Å². The minimum Gasteiger partial charge on any atom is -0.496 e. The molecule has 3 atom stereocenters. The van der Waals surface area contributed by atoms with E-state index in [1.165, 1.54) is 24.6 Å². The van der Waals surface area contributed by atoms with Gasteiger partial charge in [-0.25, -0.2) is 9.50 Å². The first kappa shape index (κ1) is 22.6. The van der Waals surface area contributed by atoms with Crippen LogP contribution in [0.2, 0.25) is 0 Å². The van der Waals surface area contributed by atoms with E-state index in [1.54, 1.807) is 7.11 Å². The number of fused-ring (bicyclic) bond motifs is 1. The van der Waals surface area contributed by atoms with Gasteiger partial charge >= 0.3 is 0 Å². The standard InChI is InChI=1S/C25H32N4O2S/c1-15-9-8-11-20(17(15)3)27-22(30)14-32-23-13-16(2)26-25-24(18(4)28-29(23)25)19-10-6-7-12-21(19)31-5/h6-7,10,12-13,15,17,20H,8-9,11,14H2,1-5H3,(H,27,30)/t15-,17-,20-/m1/s1. The van der Waals surface area contributed by atoms with Gasteiger partial charge in [-0.15, -0.1) is 0 Å². The van der Waals surface area contributed by atoms with Crippen LogP contribution < -0.4 is 10.1 Å². The molecule has 1 aromatic carbocycles. The van der Waals surface area contributed by atoms with E-state index in [2.05, 4.69) is 19.2 Å². The number of methoxy groups -OCH3 is 1. The highest BCUT2D eigenvalue weighted by Gasteiger charge is 2.28. The number of carbonyl (C=O) groups is 1. The molecule has 1 aliphatic carbocycles. The zero-order valence-electron chi connectivity index (χ0n) is 19.5. The predicted octanol–water partition coefficient (Wildman–Crippen LogP) is 5.05. The van der Waals surface area contributed by atoms with Crippen molar-refractivity contribution in [2.45, 2.75) is 58.0 Å². The van der Waals surface area contributed by atoms with Gasteiger partial charge in [-0.1, -0.05) is 56.7 Å². The molecule has 1 aliphatic rings. The largest absolute Gasteiger partial charge is 0.496 e. The Balaban J connectivity index is 1.58. The minimum atomic E-state index is 0.0809. The van der Waals surface area contributed by atoms with E-state index < -0.39 is 0 Å². The van der Waals surface area contributed by atoms with E-state index >= 15 is 0 Å². The number of aryl methyl sites for hydroxylation is 2. The molecule has 32 heavy (non-hydrogen) atoms. The SMILES string of the molecule is COc1ccccc1-c1c(C)nn2c(SCC(=O)N[C@@H]3CCC[C@@H](C)[C@H]3C)cc(C)nc12. The number of ether oxygens (including phenoxy) is 1. The number of nitrogens with zero attached hydrogens (tertiary/aromatic N) is 3. The van der Waals surface area contributed by atoms with Crippen LogP contribution >= 0.6 is 11.8 Å². The molecule has 1 saturated carbocycles. The molecule has 0 saturated heterocycles. The fraction of sp³-hybridized carbons (Fsp3) is 0.480. The lowest BCUT2D eigenvalue weighted by molar-refractivity contribution is -0.120. The van der Waals surface area contributed by atoms with Crippen LogP contribution in [-0.2, 0) is 4.79 Å². The van der Waals surface area contributed by atoms with Crippen LogP contribution in [-0.4, -0.2) is 39.4 Å². The molecule has 0 aliphatic heterocycles. The van der Waals surface area contributed by atoms with E-state index in [-0.39, 0.29) is 11.9 Å². The molecule has 2 heterocycles. The van der Waals surface area contributed by atoms with Gasteiger partial charge in [-0.2, -0.15) is 5.10 Å². The second-order valence-electron chi connectivity index (χ2n) is 8.86. The predicted molar refractivity (Wildman–Crippen MR) is 129 cm³/mol. The maximum Gasteiger partial charge on any atom is 0.230 e. The average Bonchev–Trinajstić information content (AvgIpc) is 3.10. The molecule has 4 rings (SSSR count). The first-order chi connectivity index (χ1) is 15.4. The van der Waals surface area contributed by atoms with Gasteiger partial charge in [0.05, 0.1) is 24.1 Å². The number of amides is 1. The van der Waals surface area contributed by atoms with Crippen molar-refractivity contribution >= 4 is 23.3 Å². The third kappa shape index (κ3) is 4.49. The number of thioether (sulfide) groups is 1. The normalized spacial score (nSPS) is 21.0. The monoisotopic (exact) mass is 452 g/mol. The van der Waals surface area contributed by atoms with Gasteiger partial charge in [0.2, 0.25) is 5.91 Å². The molecule has 1 fully saturated rings. The van der Waals surface area contributed by atoms with Gasteiger partial charge in [0.25, 0.3) is 0 Å². The number of hydrogen-bond acceptors (Lipinski definition) is 5. The summed E-state index contributed by atoms with van der Waals surface area (Å²) < 4.78 is 7.43. The van der Waals surface area contributed by atoms with Crippen LogP contribution in [0.5, 0.6) is 5.75 Å². The van der Waals surface area contributed by atoms with E-state index in [4.69, 9.17) is 14.8 Å². The van der Waals surface area contributed by atoms with Crippen molar-refractivity contribution in [1.29, 1.82) is 0 Å². The number of carbonyl (C=O) groups excluding carboxylic acids is 1. The van der Waals surface area contributed by atoms with E-state index in [9.17, 15) is 4.79 Å². The lowest BCUT2D eigenvalue weighted by atomic mass is 9.78. The fourth-order valence-electron chi connectivity index (χ4n) is 4.65. The van der Waals surface area contributed by atoms with Crippen LogP contribution in [0.1, 0.15) is 44.5 Å². The molecule has 0 spiro atoms. The van der Waals surface area contributed by atoms with Crippen LogP contribution in [0.25, 0.3) is 16.8 Å². The zero-order chi connectivity index (χ0) is 22.8. The highest BCUT2D eigenvalue weighted by atomic mass is 32.2. The minimum absolute atomic E-state index is 0.0809. The van der Waals surface area contributed by atoms with Crippen molar-refractivity contribution in [2.24, 2.45) is 11.8 Å². The summed E-state index contributed by atoms with van der Waals surface area (Å²) in [5.41, 5.74) is 4.48. The van der Waals surface area contributed by atoms with Crippen molar-refractivity contribution in [2.75, 3.05) is 12.9 Å². The third-order valence-corrected chi connectivity index (χ3v) is 7.63. The lowest BCUT2D eigenvalue weighted by Gasteiger charge is -2.34. The van der Waals surface area contributed by atoms with Gasteiger partial charge in [-0.05, 0) is 44.2 Å². The molecule has 0 unspecified atom stereocenters. The molecule has 6 nitrogen and oxygen atoms in total. The maximum atomic E-state index is 12.7. The van der Waals surface area contributed by atoms with Gasteiger partial charge in [0.15, 0.2) is 5.65 Å². The Morgan fingerprint density at radius 2 is 2.03 bits per heavy atom. The maximum absolute atomic E-state index is 12.7. The second-order valence-corrected chi connectivity index (χ2v) is 9.86. The van der Waals surface area contributed by atoms with E-state index in [0.29, 0.717) is 17.6 Å². The number of aromatic nitrogens is 3. The number of rotatable bonds is 6. The smallest absolute Gasteiger partial charge is 0.230 e. The Hall–Kier alpha value is -2.54. The molecule has 3 aromatic rings. The summed E-state index contributed by atoms with van der Waals surface area (Å²) in [7, 11) is 1.67. The summed E-state index contributed by atoms with van der Waals surface area (Å²) in [5.74, 6) is 2.41. The molecule has 170 valence electrons. The first-order valence-electron chi connectivity index (χ1n) is 11.3. The molecule has 7 heteroatoms. The topological polar surface area (TPSA) is 68.5 Å². The van der Waals surface area contributed by atoms with Crippen molar-refractivity contribution in [3.8, 4) is 16.9 Å². The summed E-state index contributed by atoms with van der Waals surface area (Å²) in [6.45, 7) is 8.50. The summed E-state index contributed by atoms with van der Waals surface area (Å²) in [6, 6.07) is 10.2. The van der Waals surface area contributed by atoms with Gasteiger partial charge in [-0.3, -0.25) is 4.79 Å². The number of benzene rings is 1. The summed E-state index contributed by atoms with van der Waals surface area (Å²) in [6.07, 6.45) is 3.51. The van der Waals surface area contributed by atoms with Crippen LogP contribution in [0.4, 0.5) is 0 Å². The summed E-state index contributed by atoms with van der Waals surface area (Å²) in [4.78, 5) is 17.5. The van der Waals surface area contributed by atoms with E-state index in [1.807, 2.05) is 48.7 Å². The van der Waals surface area contributed by atoms with Crippen molar-refractivity contribution < 1.29 is 9.53 Å². The molecule has 2 aromatic heterocycles. The number of hydrogen-bond donors (Lipinski definition) is 1. The van der Waals surface area contributed by atoms with E-state index in [0.717, 1.165) is 45.4 Å². The zero-order valence-corrected chi connectivity index (χ0v) is 20.3. The Morgan fingerprint density at radius 3 is 2.81 bits per heavy atom. The number of para-hydroxylation sites is 1. The second kappa shape index (κ2) is 9.53. The van der Waals surface area contributed by atoms with Crippen molar-refractivity contribution in [3.05, 3.63) is 41.7 Å². The Morgan fingerprint density at radius 1 is 1.25 bits per heavy atom. The lowest BCUT2D eigenvalue weighted by Crippen LogP contribution is -2.44. The van der Waals surface area contributed by atoms with Crippen LogP contribution in [0.15, 0.2) is 35.4 Å². The average molecular weight is 453 g/mol. The molecule has 1 amide bonds. The van der Waals surface area contributed by atoms with Gasteiger partial charge in [0.1, 0.15) is 10.8 Å². The highest BCUT2D eigenvalue weighted by molar-refractivity contribution is 7.99. The quantitative estimate of drug-likeness (QED) is 0.418. The molecule has 0 radical (unpaired) electrons. The highest BCUT2D eigenvalue weighted by Crippen LogP contribution is 2.36. The molecular weight excluding hydrogens is 420 g/mol. The van der Waals surface area contributed by atoms with Crippen LogP contribution in [0, 0.1) is 25.7 Å². The third-order valence-electron chi connectivity index (χ3n) is 6.64. The van der Waals surface area contributed by atoms with Gasteiger partial charge < -0.3 is 10.1 Å². The van der Waals surface area contributed by atoms with Gasteiger partial charge in [0, 0.05) is 17.3 Å². The first-order valence-corrected chi connectivity index (χ1v) is 12.3. The molecule has 1 N–H and O–H groups in total.